The summed E-state index contributed by atoms with van der Waals surface area (Å²) in [5.41, 5.74) is 3.09. The monoisotopic (exact) mass is 331 g/mol. The second kappa shape index (κ2) is 7.45. The molecule has 25 heavy (non-hydrogen) atoms. The standard InChI is InChI=1S/C21H17NO3/c23-20(15-8-2-1-3-9-15)22-19-13-7-5-11-17(19)14-16-10-4-6-12-18(16)21(24)25/h1-13H,14H2,(H,22,23)(H,24,25). The van der Waals surface area contributed by atoms with Crippen LogP contribution in [0.5, 0.6) is 0 Å². The smallest absolute Gasteiger partial charge is 0.335 e. The number of carbonyl (C=O) groups is 2. The Hall–Kier alpha value is -3.40. The molecule has 0 atom stereocenters. The Morgan fingerprint density at radius 1 is 0.760 bits per heavy atom. The number of anilines is 1. The first-order valence-electron chi connectivity index (χ1n) is 7.90. The molecule has 0 aliphatic carbocycles. The van der Waals surface area contributed by atoms with Gasteiger partial charge >= 0.3 is 5.97 Å². The van der Waals surface area contributed by atoms with Gasteiger partial charge in [0.1, 0.15) is 0 Å². The summed E-state index contributed by atoms with van der Waals surface area (Å²) in [5, 5.41) is 12.2. The Kier molecular flexibility index (Phi) is 4.90. The van der Waals surface area contributed by atoms with Gasteiger partial charge in [-0.05, 0) is 35.4 Å². The maximum Gasteiger partial charge on any atom is 0.335 e. The maximum absolute atomic E-state index is 12.4. The van der Waals surface area contributed by atoms with Crippen molar-refractivity contribution < 1.29 is 14.7 Å². The van der Waals surface area contributed by atoms with Crippen LogP contribution < -0.4 is 5.32 Å². The SMILES string of the molecule is O=C(Nc1ccccc1Cc1ccccc1C(=O)O)c1ccccc1. The van der Waals surface area contributed by atoms with Crippen molar-refractivity contribution in [3.8, 4) is 0 Å². The molecule has 0 heterocycles. The number of amides is 1. The lowest BCUT2D eigenvalue weighted by atomic mass is 9.98. The zero-order chi connectivity index (χ0) is 17.6. The van der Waals surface area contributed by atoms with E-state index in [0.29, 0.717) is 23.2 Å². The quantitative estimate of drug-likeness (QED) is 0.735. The van der Waals surface area contributed by atoms with Crippen molar-refractivity contribution in [1.82, 2.24) is 0 Å². The molecule has 0 aromatic heterocycles. The highest BCUT2D eigenvalue weighted by molar-refractivity contribution is 6.04. The summed E-state index contributed by atoms with van der Waals surface area (Å²) in [4.78, 5) is 23.8. The summed E-state index contributed by atoms with van der Waals surface area (Å²) in [7, 11) is 0. The third kappa shape index (κ3) is 3.93. The highest BCUT2D eigenvalue weighted by Crippen LogP contribution is 2.22. The van der Waals surface area contributed by atoms with E-state index in [-0.39, 0.29) is 11.5 Å². The largest absolute Gasteiger partial charge is 0.478 e. The third-order valence-electron chi connectivity index (χ3n) is 3.93. The minimum atomic E-state index is -0.957. The van der Waals surface area contributed by atoms with Crippen LogP contribution in [-0.2, 0) is 6.42 Å². The van der Waals surface area contributed by atoms with E-state index in [2.05, 4.69) is 5.32 Å². The molecule has 0 aliphatic heterocycles. The van der Waals surface area contributed by atoms with E-state index in [9.17, 15) is 14.7 Å². The lowest BCUT2D eigenvalue weighted by Gasteiger charge is -2.12. The van der Waals surface area contributed by atoms with Gasteiger partial charge in [-0.1, -0.05) is 54.6 Å². The molecule has 3 aromatic carbocycles. The summed E-state index contributed by atoms with van der Waals surface area (Å²) < 4.78 is 0. The van der Waals surface area contributed by atoms with Gasteiger partial charge in [-0.3, -0.25) is 4.79 Å². The van der Waals surface area contributed by atoms with E-state index in [1.807, 2.05) is 48.5 Å². The summed E-state index contributed by atoms with van der Waals surface area (Å²) in [6.45, 7) is 0. The van der Waals surface area contributed by atoms with Gasteiger partial charge in [0.05, 0.1) is 5.56 Å². The van der Waals surface area contributed by atoms with Crippen molar-refractivity contribution in [2.45, 2.75) is 6.42 Å². The number of benzene rings is 3. The molecule has 3 aromatic rings. The predicted molar refractivity (Wildman–Crippen MR) is 97.0 cm³/mol. The molecular formula is C21H17NO3. The third-order valence-corrected chi connectivity index (χ3v) is 3.93. The molecular weight excluding hydrogens is 314 g/mol. The predicted octanol–water partition coefficient (Wildman–Crippen LogP) is 4.23. The summed E-state index contributed by atoms with van der Waals surface area (Å²) in [6, 6.07) is 23.3. The highest BCUT2D eigenvalue weighted by atomic mass is 16.4. The van der Waals surface area contributed by atoms with Crippen LogP contribution in [0.15, 0.2) is 78.9 Å². The zero-order valence-corrected chi connectivity index (χ0v) is 13.5. The molecule has 0 spiro atoms. The van der Waals surface area contributed by atoms with Crippen LogP contribution in [0.1, 0.15) is 31.8 Å². The van der Waals surface area contributed by atoms with Gasteiger partial charge in [-0.15, -0.1) is 0 Å². The minimum absolute atomic E-state index is 0.195. The van der Waals surface area contributed by atoms with Crippen molar-refractivity contribution >= 4 is 17.6 Å². The van der Waals surface area contributed by atoms with Crippen LogP contribution >= 0.6 is 0 Å². The van der Waals surface area contributed by atoms with Gasteiger partial charge in [0.15, 0.2) is 0 Å². The van der Waals surface area contributed by atoms with Crippen molar-refractivity contribution in [1.29, 1.82) is 0 Å². The normalized spacial score (nSPS) is 10.2. The van der Waals surface area contributed by atoms with Crippen LogP contribution in [0, 0.1) is 0 Å². The topological polar surface area (TPSA) is 66.4 Å². The summed E-state index contributed by atoms with van der Waals surface area (Å²) in [5.74, 6) is -1.15. The van der Waals surface area contributed by atoms with E-state index in [1.165, 1.54) is 0 Å². The molecule has 4 nitrogen and oxygen atoms in total. The number of hydrogen-bond acceptors (Lipinski definition) is 2. The molecule has 124 valence electrons. The van der Waals surface area contributed by atoms with Gasteiger partial charge in [-0.25, -0.2) is 4.79 Å². The number of carboxylic acid groups (broad SMARTS) is 1. The number of rotatable bonds is 5. The van der Waals surface area contributed by atoms with E-state index < -0.39 is 5.97 Å². The summed E-state index contributed by atoms with van der Waals surface area (Å²) in [6.07, 6.45) is 0.424. The van der Waals surface area contributed by atoms with Crippen molar-refractivity contribution in [3.63, 3.8) is 0 Å². The first-order chi connectivity index (χ1) is 12.1. The van der Waals surface area contributed by atoms with Gasteiger partial charge in [0.2, 0.25) is 0 Å². The Balaban J connectivity index is 1.87. The number of hydrogen-bond donors (Lipinski definition) is 2. The fraction of sp³-hybridized carbons (Fsp3) is 0.0476. The van der Waals surface area contributed by atoms with E-state index in [1.54, 1.807) is 30.3 Å². The average Bonchev–Trinajstić information content (AvgIpc) is 2.64. The Morgan fingerprint density at radius 3 is 2.08 bits per heavy atom. The molecule has 1 amide bonds. The number of carbonyl (C=O) groups excluding carboxylic acids is 1. The van der Waals surface area contributed by atoms with Crippen LogP contribution in [0.25, 0.3) is 0 Å². The highest BCUT2D eigenvalue weighted by Gasteiger charge is 2.13. The minimum Gasteiger partial charge on any atom is -0.478 e. The van der Waals surface area contributed by atoms with E-state index in [0.717, 1.165) is 5.56 Å². The first-order valence-corrected chi connectivity index (χ1v) is 7.90. The Labute approximate surface area is 145 Å². The lowest BCUT2D eigenvalue weighted by molar-refractivity contribution is 0.0695. The molecule has 0 unspecified atom stereocenters. The van der Waals surface area contributed by atoms with Gasteiger partial charge < -0.3 is 10.4 Å². The molecule has 0 bridgehead atoms. The van der Waals surface area contributed by atoms with Crippen molar-refractivity contribution in [3.05, 3.63) is 101 Å². The van der Waals surface area contributed by atoms with E-state index >= 15 is 0 Å². The lowest BCUT2D eigenvalue weighted by Crippen LogP contribution is -2.13. The Bertz CT molecular complexity index is 904. The van der Waals surface area contributed by atoms with E-state index in [4.69, 9.17) is 0 Å². The van der Waals surface area contributed by atoms with Gasteiger partial charge in [0, 0.05) is 17.7 Å². The van der Waals surface area contributed by atoms with Gasteiger partial charge in [-0.2, -0.15) is 0 Å². The summed E-state index contributed by atoms with van der Waals surface area (Å²) >= 11 is 0. The van der Waals surface area contributed by atoms with Crippen molar-refractivity contribution in [2.24, 2.45) is 0 Å². The molecule has 0 fully saturated rings. The fourth-order valence-corrected chi connectivity index (χ4v) is 2.67. The van der Waals surface area contributed by atoms with Crippen LogP contribution in [0.4, 0.5) is 5.69 Å². The van der Waals surface area contributed by atoms with Crippen LogP contribution in [0.2, 0.25) is 0 Å². The number of aromatic carboxylic acids is 1. The molecule has 4 heteroatoms. The molecule has 0 saturated heterocycles. The number of carboxylic acids is 1. The molecule has 0 radical (unpaired) electrons. The van der Waals surface area contributed by atoms with Gasteiger partial charge in [0.25, 0.3) is 5.91 Å². The first kappa shape index (κ1) is 16.5. The fourth-order valence-electron chi connectivity index (χ4n) is 2.67. The average molecular weight is 331 g/mol. The maximum atomic E-state index is 12.4. The Morgan fingerprint density at radius 2 is 1.36 bits per heavy atom. The molecule has 0 saturated carbocycles. The number of para-hydroxylation sites is 1. The molecule has 3 rings (SSSR count). The van der Waals surface area contributed by atoms with Crippen molar-refractivity contribution in [2.75, 3.05) is 5.32 Å². The second-order valence-corrected chi connectivity index (χ2v) is 5.62. The second-order valence-electron chi connectivity index (χ2n) is 5.62. The number of nitrogens with one attached hydrogen (secondary N) is 1. The van der Waals surface area contributed by atoms with Crippen LogP contribution in [0.3, 0.4) is 0 Å². The molecule has 2 N–H and O–H groups in total. The zero-order valence-electron chi connectivity index (χ0n) is 13.5. The van der Waals surface area contributed by atoms with Crippen LogP contribution in [-0.4, -0.2) is 17.0 Å². The molecule has 0 aliphatic rings.